The fraction of sp³-hybridized carbons (Fsp3) is 0.467. The predicted octanol–water partition coefficient (Wildman–Crippen LogP) is 0.607. The molecule has 2 aliphatic rings. The number of likely N-dealkylation sites (N-methyl/N-ethyl adjacent to an activating group) is 1. The van der Waals surface area contributed by atoms with Crippen LogP contribution in [0, 0.1) is 0 Å². The Balaban J connectivity index is 1.65. The van der Waals surface area contributed by atoms with E-state index in [2.05, 4.69) is 15.5 Å². The van der Waals surface area contributed by atoms with Crippen LogP contribution in [-0.4, -0.2) is 64.3 Å². The molecule has 3 rings (SSSR count). The number of ether oxygens (including phenoxy) is 1. The highest BCUT2D eigenvalue weighted by molar-refractivity contribution is 7.80. The molecule has 3 heterocycles. The van der Waals surface area contributed by atoms with Gasteiger partial charge in [-0.25, -0.2) is 0 Å². The first-order valence-electron chi connectivity index (χ1n) is 7.66. The van der Waals surface area contributed by atoms with Crippen LogP contribution < -0.4 is 10.2 Å². The number of carbonyl (C=O) groups excluding carboxylic acids is 1. The summed E-state index contributed by atoms with van der Waals surface area (Å²) in [6, 6.07) is 3.70. The summed E-state index contributed by atoms with van der Waals surface area (Å²) in [5.41, 5.74) is 4.45. The summed E-state index contributed by atoms with van der Waals surface area (Å²) in [6.45, 7) is 4.98. The van der Waals surface area contributed by atoms with Crippen molar-refractivity contribution in [3.63, 3.8) is 0 Å². The SMILES string of the molecule is CCN1CCN(C(=S)N/N=C2/CCOc3cccnc32)CC1=O. The van der Waals surface area contributed by atoms with Crippen LogP contribution in [0.5, 0.6) is 5.75 Å². The Morgan fingerprint density at radius 2 is 2.39 bits per heavy atom. The number of pyridine rings is 1. The molecule has 0 radical (unpaired) electrons. The molecular formula is C15H19N5O2S. The van der Waals surface area contributed by atoms with Gasteiger partial charge < -0.3 is 14.5 Å². The van der Waals surface area contributed by atoms with Gasteiger partial charge in [-0.05, 0) is 31.3 Å². The van der Waals surface area contributed by atoms with Crippen LogP contribution in [-0.2, 0) is 4.79 Å². The van der Waals surface area contributed by atoms with Crippen molar-refractivity contribution >= 4 is 28.9 Å². The predicted molar refractivity (Wildman–Crippen MR) is 90.4 cm³/mol. The monoisotopic (exact) mass is 333 g/mol. The van der Waals surface area contributed by atoms with E-state index in [0.29, 0.717) is 37.8 Å². The molecule has 0 bridgehead atoms. The quantitative estimate of drug-likeness (QED) is 0.632. The Bertz CT molecular complexity index is 649. The van der Waals surface area contributed by atoms with E-state index in [1.54, 1.807) is 6.20 Å². The van der Waals surface area contributed by atoms with Crippen molar-refractivity contribution in [2.45, 2.75) is 13.3 Å². The molecule has 0 spiro atoms. The first-order valence-corrected chi connectivity index (χ1v) is 8.07. The second kappa shape index (κ2) is 6.91. The van der Waals surface area contributed by atoms with Gasteiger partial charge in [-0.15, -0.1) is 0 Å². The Labute approximate surface area is 140 Å². The normalized spacial score (nSPS) is 19.3. The summed E-state index contributed by atoms with van der Waals surface area (Å²) < 4.78 is 5.55. The maximum Gasteiger partial charge on any atom is 0.242 e. The van der Waals surface area contributed by atoms with E-state index in [9.17, 15) is 4.79 Å². The van der Waals surface area contributed by atoms with Crippen LogP contribution in [0.3, 0.4) is 0 Å². The van der Waals surface area contributed by atoms with E-state index in [0.717, 1.165) is 23.7 Å². The van der Waals surface area contributed by atoms with Crippen LogP contribution in [0.4, 0.5) is 0 Å². The molecule has 0 atom stereocenters. The number of amides is 1. The molecule has 8 heteroatoms. The average Bonchev–Trinajstić information content (AvgIpc) is 2.59. The lowest BCUT2D eigenvalue weighted by atomic mass is 10.1. The smallest absolute Gasteiger partial charge is 0.242 e. The molecule has 0 aliphatic carbocycles. The van der Waals surface area contributed by atoms with Gasteiger partial charge in [0.1, 0.15) is 11.4 Å². The van der Waals surface area contributed by atoms with E-state index in [1.165, 1.54) is 0 Å². The van der Waals surface area contributed by atoms with E-state index < -0.39 is 0 Å². The summed E-state index contributed by atoms with van der Waals surface area (Å²) in [4.78, 5) is 19.9. The van der Waals surface area contributed by atoms with Crippen LogP contribution >= 0.6 is 12.2 Å². The highest BCUT2D eigenvalue weighted by Crippen LogP contribution is 2.21. The van der Waals surface area contributed by atoms with Gasteiger partial charge in [-0.1, -0.05) is 0 Å². The van der Waals surface area contributed by atoms with Crippen molar-refractivity contribution in [1.82, 2.24) is 20.2 Å². The number of rotatable bonds is 2. The van der Waals surface area contributed by atoms with Gasteiger partial charge in [0.2, 0.25) is 5.91 Å². The van der Waals surface area contributed by atoms with Crippen molar-refractivity contribution in [3.8, 4) is 5.75 Å². The van der Waals surface area contributed by atoms with Gasteiger partial charge in [-0.2, -0.15) is 5.10 Å². The molecular weight excluding hydrogens is 314 g/mol. The number of hydrogen-bond acceptors (Lipinski definition) is 5. The first kappa shape index (κ1) is 15.7. The van der Waals surface area contributed by atoms with Crippen molar-refractivity contribution in [3.05, 3.63) is 24.0 Å². The van der Waals surface area contributed by atoms with Gasteiger partial charge >= 0.3 is 0 Å². The zero-order chi connectivity index (χ0) is 16.2. The highest BCUT2D eigenvalue weighted by Gasteiger charge is 2.24. The fourth-order valence-electron chi connectivity index (χ4n) is 2.61. The molecule has 1 fully saturated rings. The van der Waals surface area contributed by atoms with Gasteiger partial charge in [0.05, 0.1) is 18.9 Å². The van der Waals surface area contributed by atoms with Gasteiger partial charge in [0, 0.05) is 32.3 Å². The fourth-order valence-corrected chi connectivity index (χ4v) is 2.81. The maximum atomic E-state index is 11.9. The minimum absolute atomic E-state index is 0.0913. The molecule has 1 aromatic rings. The zero-order valence-electron chi connectivity index (χ0n) is 13.0. The van der Waals surface area contributed by atoms with Crippen LogP contribution in [0.1, 0.15) is 19.0 Å². The van der Waals surface area contributed by atoms with Gasteiger partial charge in [0.15, 0.2) is 5.11 Å². The highest BCUT2D eigenvalue weighted by atomic mass is 32.1. The van der Waals surface area contributed by atoms with Crippen molar-refractivity contribution < 1.29 is 9.53 Å². The third kappa shape index (κ3) is 3.42. The zero-order valence-corrected chi connectivity index (χ0v) is 13.8. The lowest BCUT2D eigenvalue weighted by molar-refractivity contribution is -0.134. The summed E-state index contributed by atoms with van der Waals surface area (Å²) in [7, 11) is 0. The molecule has 0 aromatic carbocycles. The molecule has 122 valence electrons. The number of hydrazone groups is 1. The largest absolute Gasteiger partial charge is 0.491 e. The Morgan fingerprint density at radius 3 is 3.17 bits per heavy atom. The molecule has 23 heavy (non-hydrogen) atoms. The summed E-state index contributed by atoms with van der Waals surface area (Å²) in [5, 5.41) is 4.84. The summed E-state index contributed by atoms with van der Waals surface area (Å²) in [5.74, 6) is 0.825. The summed E-state index contributed by atoms with van der Waals surface area (Å²) in [6.07, 6.45) is 2.38. The lowest BCUT2D eigenvalue weighted by Crippen LogP contribution is -2.53. The topological polar surface area (TPSA) is 70.1 Å². The Morgan fingerprint density at radius 1 is 1.52 bits per heavy atom. The van der Waals surface area contributed by atoms with Crippen LogP contribution in [0.2, 0.25) is 0 Å². The number of nitrogens with one attached hydrogen (secondary N) is 1. The van der Waals surface area contributed by atoms with Crippen LogP contribution in [0.15, 0.2) is 23.4 Å². The molecule has 1 N–H and O–H groups in total. The second-order valence-corrected chi connectivity index (χ2v) is 5.71. The van der Waals surface area contributed by atoms with Crippen molar-refractivity contribution in [2.24, 2.45) is 5.10 Å². The molecule has 1 saturated heterocycles. The summed E-state index contributed by atoms with van der Waals surface area (Å²) >= 11 is 5.35. The number of nitrogens with zero attached hydrogens (tertiary/aromatic N) is 4. The molecule has 2 aliphatic heterocycles. The molecule has 1 aromatic heterocycles. The third-order valence-electron chi connectivity index (χ3n) is 3.91. The third-order valence-corrected chi connectivity index (χ3v) is 4.26. The second-order valence-electron chi connectivity index (χ2n) is 5.32. The lowest BCUT2D eigenvalue weighted by Gasteiger charge is -2.34. The van der Waals surface area contributed by atoms with Gasteiger partial charge in [-0.3, -0.25) is 15.2 Å². The molecule has 0 saturated carbocycles. The van der Waals surface area contributed by atoms with E-state index in [-0.39, 0.29) is 5.91 Å². The number of piperazine rings is 1. The van der Waals surface area contributed by atoms with Crippen molar-refractivity contribution in [1.29, 1.82) is 0 Å². The number of thiocarbonyl (C=S) groups is 1. The van der Waals surface area contributed by atoms with Crippen molar-refractivity contribution in [2.75, 3.05) is 32.8 Å². The number of aromatic nitrogens is 1. The number of fused-ring (bicyclic) bond motifs is 1. The van der Waals surface area contributed by atoms with Crippen LogP contribution in [0.25, 0.3) is 0 Å². The standard InChI is InChI=1S/C15H19N5O2S/c1-2-19-7-8-20(10-13(19)21)15(23)18-17-11-5-9-22-12-4-3-6-16-14(11)12/h3-4,6H,2,5,7-10H2,1H3,(H,18,23)/b17-11-. The minimum Gasteiger partial charge on any atom is -0.491 e. The van der Waals surface area contributed by atoms with E-state index in [4.69, 9.17) is 17.0 Å². The Kier molecular flexibility index (Phi) is 4.71. The van der Waals surface area contributed by atoms with E-state index >= 15 is 0 Å². The number of carbonyl (C=O) groups is 1. The van der Waals surface area contributed by atoms with Gasteiger partial charge in [0.25, 0.3) is 0 Å². The molecule has 0 unspecified atom stereocenters. The molecule has 7 nitrogen and oxygen atoms in total. The van der Waals surface area contributed by atoms with E-state index in [1.807, 2.05) is 28.9 Å². The maximum absolute atomic E-state index is 11.9. The number of hydrogen-bond donors (Lipinski definition) is 1. The minimum atomic E-state index is 0.0913. The molecule has 1 amide bonds. The first-order chi connectivity index (χ1) is 11.2. The average molecular weight is 333 g/mol. The Hall–Kier alpha value is -2.22.